The molecule has 0 bridgehead atoms. The summed E-state index contributed by atoms with van der Waals surface area (Å²) in [6.07, 6.45) is 1.49. The number of aryl methyl sites for hydroxylation is 1. The number of hydrogen-bond acceptors (Lipinski definition) is 3. The Labute approximate surface area is 294 Å². The van der Waals surface area contributed by atoms with E-state index in [9.17, 15) is 4.39 Å². The van der Waals surface area contributed by atoms with Crippen molar-refractivity contribution in [3.8, 4) is 33.6 Å². The van der Waals surface area contributed by atoms with Gasteiger partial charge in [-0.2, -0.15) is 0 Å². The molecule has 0 aliphatic rings. The molecular weight excluding hydrogens is 760 g/mol. The number of fused-ring (bicyclic) bond motifs is 3. The summed E-state index contributed by atoms with van der Waals surface area (Å²) in [5.41, 5.74) is 6.46. The Bertz CT molecular complexity index is 2460. The van der Waals surface area contributed by atoms with E-state index in [1.54, 1.807) is 48.7 Å². The van der Waals surface area contributed by atoms with Gasteiger partial charge in [-0.25, -0.2) is 4.39 Å². The number of hydrogen-bond donors (Lipinski definition) is 0. The van der Waals surface area contributed by atoms with Crippen LogP contribution in [-0.4, -0.2) is 9.97 Å². The van der Waals surface area contributed by atoms with Gasteiger partial charge in [0.25, 0.3) is 0 Å². The number of rotatable bonds is 5. The first-order chi connectivity index (χ1) is 24.6. The molecule has 0 aliphatic carbocycles. The van der Waals surface area contributed by atoms with E-state index in [0.29, 0.717) is 39.1 Å². The molecule has 0 saturated heterocycles. The van der Waals surface area contributed by atoms with Crippen LogP contribution in [0.5, 0.6) is 0 Å². The molecule has 0 saturated carbocycles. The molecule has 5 aromatic carbocycles. The van der Waals surface area contributed by atoms with E-state index >= 15 is 0 Å². The second-order valence-corrected chi connectivity index (χ2v) is 10.5. The zero-order valence-electron chi connectivity index (χ0n) is 29.9. The molecule has 3 aromatic heterocycles. The first-order valence-electron chi connectivity index (χ1n) is 17.2. The van der Waals surface area contributed by atoms with E-state index in [2.05, 4.69) is 22.1 Å². The number of halogens is 1. The number of aromatic nitrogens is 2. The third-order valence-corrected chi connectivity index (χ3v) is 7.45. The molecule has 0 N–H and O–H groups in total. The van der Waals surface area contributed by atoms with Gasteiger partial charge in [0.2, 0.25) is 0 Å². The zero-order chi connectivity index (χ0) is 35.6. The van der Waals surface area contributed by atoms with Crippen molar-refractivity contribution in [3.05, 3.63) is 180 Å². The fourth-order valence-electron chi connectivity index (χ4n) is 5.25. The van der Waals surface area contributed by atoms with E-state index in [4.69, 9.17) is 11.3 Å². The minimum atomic E-state index is -2.30. The molecule has 0 atom stereocenters. The van der Waals surface area contributed by atoms with Crippen LogP contribution in [0, 0.1) is 24.8 Å². The van der Waals surface area contributed by atoms with Crippen molar-refractivity contribution in [1.29, 1.82) is 0 Å². The van der Waals surface area contributed by atoms with Crippen LogP contribution in [0.2, 0.25) is 0 Å². The average molecular weight is 794 g/mol. The Morgan fingerprint density at radius 2 is 1.55 bits per heavy atom. The largest absolute Gasteiger partial charge is 0.500 e. The van der Waals surface area contributed by atoms with E-state index in [-0.39, 0.29) is 31.5 Å². The summed E-state index contributed by atoms with van der Waals surface area (Å²) in [6, 6.07) is 45.6. The fourth-order valence-corrected chi connectivity index (χ4v) is 5.25. The molecule has 0 fully saturated rings. The number of pyridine rings is 2. The predicted octanol–water partition coefficient (Wildman–Crippen LogP) is 10.7. The summed E-state index contributed by atoms with van der Waals surface area (Å²) in [5.74, 6) is -0.376. The van der Waals surface area contributed by atoms with Crippen molar-refractivity contribution < 1.29 is 35.8 Å². The van der Waals surface area contributed by atoms with E-state index in [0.717, 1.165) is 27.6 Å². The Morgan fingerprint density at radius 1 is 0.745 bits per heavy atom. The van der Waals surface area contributed by atoms with E-state index in [1.165, 1.54) is 18.3 Å². The van der Waals surface area contributed by atoms with Gasteiger partial charge in [0.1, 0.15) is 11.4 Å². The summed E-state index contributed by atoms with van der Waals surface area (Å²) in [5, 5.41) is 1.62. The topological polar surface area (TPSA) is 38.9 Å². The summed E-state index contributed by atoms with van der Waals surface area (Å²) in [7, 11) is 0. The Hall–Kier alpha value is -5.22. The van der Waals surface area contributed by atoms with Gasteiger partial charge in [-0.15, -0.1) is 54.1 Å². The third-order valence-electron chi connectivity index (χ3n) is 7.45. The zero-order valence-corrected chi connectivity index (χ0v) is 27.3. The van der Waals surface area contributed by atoms with Crippen molar-refractivity contribution in [2.45, 2.75) is 13.2 Å². The summed E-state index contributed by atoms with van der Waals surface area (Å²) < 4.78 is 60.1. The number of benzene rings is 5. The Kier molecular flexibility index (Phi) is 7.98. The van der Waals surface area contributed by atoms with Gasteiger partial charge in [0.05, 0.1) is 5.58 Å². The quantitative estimate of drug-likeness (QED) is 0.163. The minimum Gasteiger partial charge on any atom is -0.500 e. The summed E-state index contributed by atoms with van der Waals surface area (Å²) in [6.45, 7) is -2.30. The van der Waals surface area contributed by atoms with Gasteiger partial charge >= 0.3 is 0 Å². The van der Waals surface area contributed by atoms with Crippen LogP contribution in [0.15, 0.2) is 150 Å². The van der Waals surface area contributed by atoms with Gasteiger partial charge in [-0.3, -0.25) is 0 Å². The molecule has 0 unspecified atom stereocenters. The first kappa shape index (κ1) is 25.9. The Balaban J connectivity index is 0.000000186. The van der Waals surface area contributed by atoms with Crippen molar-refractivity contribution in [3.63, 3.8) is 0 Å². The summed E-state index contributed by atoms with van der Waals surface area (Å²) in [4.78, 5) is 8.73. The number of furan rings is 1. The molecule has 47 heavy (non-hydrogen) atoms. The van der Waals surface area contributed by atoms with Crippen LogP contribution in [0.3, 0.4) is 0 Å². The van der Waals surface area contributed by atoms with Crippen LogP contribution in [0.1, 0.15) is 23.5 Å². The smallest absolute Gasteiger partial charge is 0.126 e. The van der Waals surface area contributed by atoms with Crippen LogP contribution < -0.4 is 0 Å². The predicted molar refractivity (Wildman–Crippen MR) is 184 cm³/mol. The number of nitrogens with zero attached hydrogens (tertiary/aromatic N) is 2. The Morgan fingerprint density at radius 3 is 2.34 bits per heavy atom. The van der Waals surface area contributed by atoms with Crippen LogP contribution in [-0.2, 0) is 26.5 Å². The van der Waals surface area contributed by atoms with Gasteiger partial charge in [-0.05, 0) is 70.6 Å². The second-order valence-electron chi connectivity index (χ2n) is 10.5. The monoisotopic (exact) mass is 794 g/mol. The molecule has 231 valence electrons. The molecule has 1 radical (unpaired) electrons. The van der Waals surface area contributed by atoms with Gasteiger partial charge in [0, 0.05) is 50.8 Å². The van der Waals surface area contributed by atoms with Crippen LogP contribution in [0.4, 0.5) is 4.39 Å². The van der Waals surface area contributed by atoms with Crippen molar-refractivity contribution in [1.82, 2.24) is 9.97 Å². The first-order valence-corrected chi connectivity index (χ1v) is 14.7. The van der Waals surface area contributed by atoms with Gasteiger partial charge < -0.3 is 14.4 Å². The van der Waals surface area contributed by atoms with Crippen LogP contribution in [0.25, 0.3) is 55.6 Å². The second kappa shape index (κ2) is 14.5. The van der Waals surface area contributed by atoms with Gasteiger partial charge in [-0.1, -0.05) is 83.7 Å². The molecule has 0 spiro atoms. The molecule has 0 aliphatic heterocycles. The minimum absolute atomic E-state index is 0. The maximum Gasteiger partial charge on any atom is 0.126 e. The molecular formula is C42H29FIrN2O-2. The molecule has 3 heterocycles. The van der Waals surface area contributed by atoms with Gasteiger partial charge in [0.15, 0.2) is 0 Å². The van der Waals surface area contributed by atoms with E-state index < -0.39 is 13.2 Å². The standard InChI is InChI=1S/C24H15FNO.C18H14N.Ir/c1-15-14-26-22(13-21(15)16-6-3-2-4-7-16)20-9-5-8-19-18-11-10-17(25)12-23(18)27-24(19)20;1-3-7-15(8-4-1)13-16-11-12-19-18(14-16)17-9-5-2-6-10-17;/h2-8,10-14H,1H3;1-9,11-12,14H,13H2;/q2*-1;/i1D3;13D2;. The van der Waals surface area contributed by atoms with Crippen molar-refractivity contribution >= 4 is 21.9 Å². The van der Waals surface area contributed by atoms with Crippen molar-refractivity contribution in [2.75, 3.05) is 0 Å². The van der Waals surface area contributed by atoms with Crippen LogP contribution >= 0.6 is 0 Å². The molecule has 8 rings (SSSR count). The SMILES string of the molecule is [2H]C([2H])([2H])c1cnc(-c2[c-]ccc3c2oc2cc(F)ccc23)cc1-c1ccccc1.[2H]C([2H])(c1ccccc1)c1ccnc(-c2[c-]cccc2)c1.[Ir]. The molecule has 5 heteroatoms. The average Bonchev–Trinajstić information content (AvgIpc) is 3.53. The molecule has 8 aromatic rings. The third kappa shape index (κ3) is 7.12. The fraction of sp³-hybridized carbons (Fsp3) is 0.0476. The molecule has 3 nitrogen and oxygen atoms in total. The molecule has 0 amide bonds. The normalized spacial score (nSPS) is 12.8. The maximum atomic E-state index is 13.7. The summed E-state index contributed by atoms with van der Waals surface area (Å²) >= 11 is 0. The maximum absolute atomic E-state index is 13.7. The van der Waals surface area contributed by atoms with E-state index in [1.807, 2.05) is 78.9 Å². The van der Waals surface area contributed by atoms with Crippen molar-refractivity contribution in [2.24, 2.45) is 0 Å².